The van der Waals surface area contributed by atoms with E-state index in [1.165, 1.54) is 0 Å². The number of carbonyl (C=O) groups is 2. The normalized spacial score (nSPS) is 15.1. The number of methoxy groups -OCH3 is 1. The first-order chi connectivity index (χ1) is 13.5. The van der Waals surface area contributed by atoms with E-state index in [1.807, 2.05) is 55.5 Å². The summed E-state index contributed by atoms with van der Waals surface area (Å²) in [6.07, 6.45) is 3.99. The molecule has 1 aliphatic rings. The van der Waals surface area contributed by atoms with E-state index in [4.69, 9.17) is 4.74 Å². The van der Waals surface area contributed by atoms with Crippen molar-refractivity contribution in [2.75, 3.05) is 19.0 Å². The third-order valence-electron chi connectivity index (χ3n) is 5.47. The Morgan fingerprint density at radius 3 is 2.43 bits per heavy atom. The molecule has 148 valence electrons. The van der Waals surface area contributed by atoms with Crippen LogP contribution in [-0.2, 0) is 15.0 Å². The van der Waals surface area contributed by atoms with Gasteiger partial charge in [0.25, 0.3) is 0 Å². The molecule has 1 aliphatic carbocycles. The molecule has 0 heterocycles. The lowest BCUT2D eigenvalue weighted by Gasteiger charge is -2.28. The first-order valence-corrected chi connectivity index (χ1v) is 9.83. The summed E-state index contributed by atoms with van der Waals surface area (Å²) in [5.41, 5.74) is 2.39. The molecule has 0 aliphatic heterocycles. The first kappa shape index (κ1) is 19.9. The lowest BCUT2D eigenvalue weighted by atomic mass is 9.78. The molecule has 0 aromatic heterocycles. The van der Waals surface area contributed by atoms with Crippen molar-refractivity contribution < 1.29 is 14.3 Å². The van der Waals surface area contributed by atoms with Gasteiger partial charge < -0.3 is 15.4 Å². The van der Waals surface area contributed by atoms with Crippen molar-refractivity contribution in [2.45, 2.75) is 44.4 Å². The fourth-order valence-electron chi connectivity index (χ4n) is 3.94. The summed E-state index contributed by atoms with van der Waals surface area (Å²) in [5, 5.41) is 5.87. The molecule has 1 fully saturated rings. The Morgan fingerprint density at radius 2 is 1.79 bits per heavy atom. The molecule has 0 radical (unpaired) electrons. The van der Waals surface area contributed by atoms with Crippen LogP contribution in [0.15, 0.2) is 48.5 Å². The summed E-state index contributed by atoms with van der Waals surface area (Å²) in [7, 11) is 1.63. The van der Waals surface area contributed by atoms with Crippen molar-refractivity contribution in [1.29, 1.82) is 0 Å². The fraction of sp³-hybridized carbons (Fsp3) is 0.391. The van der Waals surface area contributed by atoms with E-state index in [-0.39, 0.29) is 18.2 Å². The molecule has 0 bridgehead atoms. The molecule has 0 spiro atoms. The van der Waals surface area contributed by atoms with Crippen LogP contribution in [0.3, 0.4) is 0 Å². The molecule has 0 saturated heterocycles. The number of rotatable bonds is 7. The Bertz CT molecular complexity index is 824. The lowest BCUT2D eigenvalue weighted by molar-refractivity contribution is -0.126. The van der Waals surface area contributed by atoms with E-state index in [0.717, 1.165) is 48.2 Å². The monoisotopic (exact) mass is 380 g/mol. The van der Waals surface area contributed by atoms with Gasteiger partial charge in [0.15, 0.2) is 0 Å². The maximum atomic E-state index is 13.0. The van der Waals surface area contributed by atoms with Gasteiger partial charge in [0.2, 0.25) is 11.8 Å². The van der Waals surface area contributed by atoms with Crippen LogP contribution in [0, 0.1) is 6.92 Å². The Hall–Kier alpha value is -2.82. The molecule has 2 amide bonds. The quantitative estimate of drug-likeness (QED) is 0.764. The number of carbonyl (C=O) groups excluding carboxylic acids is 2. The zero-order chi connectivity index (χ0) is 20.0. The standard InChI is InChI=1S/C23H28N2O3/c1-17-6-5-7-19(16-17)25-21(26)12-15-24-22(27)23(13-3-4-14-23)18-8-10-20(28-2)11-9-18/h5-11,16H,3-4,12-15H2,1-2H3,(H,24,27)(H,25,26). The van der Waals surface area contributed by atoms with Crippen LogP contribution in [0.4, 0.5) is 5.69 Å². The van der Waals surface area contributed by atoms with Gasteiger partial charge in [-0.25, -0.2) is 0 Å². The topological polar surface area (TPSA) is 67.4 Å². The predicted octanol–water partition coefficient (Wildman–Crippen LogP) is 3.96. The van der Waals surface area contributed by atoms with E-state index in [9.17, 15) is 9.59 Å². The van der Waals surface area contributed by atoms with Crippen LogP contribution in [0.2, 0.25) is 0 Å². The first-order valence-electron chi connectivity index (χ1n) is 9.83. The van der Waals surface area contributed by atoms with Gasteiger partial charge in [0, 0.05) is 18.7 Å². The minimum absolute atomic E-state index is 0.0125. The second kappa shape index (κ2) is 8.91. The van der Waals surface area contributed by atoms with Crippen LogP contribution in [0.1, 0.15) is 43.2 Å². The van der Waals surface area contributed by atoms with Gasteiger partial charge in [-0.15, -0.1) is 0 Å². The maximum absolute atomic E-state index is 13.0. The maximum Gasteiger partial charge on any atom is 0.230 e. The van der Waals surface area contributed by atoms with Gasteiger partial charge in [0.05, 0.1) is 12.5 Å². The van der Waals surface area contributed by atoms with Crippen molar-refractivity contribution in [2.24, 2.45) is 0 Å². The van der Waals surface area contributed by atoms with Crippen molar-refractivity contribution in [3.8, 4) is 5.75 Å². The van der Waals surface area contributed by atoms with Gasteiger partial charge in [-0.2, -0.15) is 0 Å². The van der Waals surface area contributed by atoms with E-state index in [1.54, 1.807) is 7.11 Å². The van der Waals surface area contributed by atoms with Gasteiger partial charge >= 0.3 is 0 Å². The van der Waals surface area contributed by atoms with Crippen molar-refractivity contribution in [3.05, 3.63) is 59.7 Å². The summed E-state index contributed by atoms with van der Waals surface area (Å²) in [6.45, 7) is 2.31. The molecule has 5 nitrogen and oxygen atoms in total. The van der Waals surface area contributed by atoms with Crippen LogP contribution in [0.5, 0.6) is 5.75 Å². The number of hydrogen-bond acceptors (Lipinski definition) is 3. The number of anilines is 1. The molecule has 2 aromatic carbocycles. The summed E-state index contributed by atoms with van der Waals surface area (Å²) < 4.78 is 5.23. The molecule has 2 N–H and O–H groups in total. The Morgan fingerprint density at radius 1 is 1.07 bits per heavy atom. The SMILES string of the molecule is COc1ccc(C2(C(=O)NCCC(=O)Nc3cccc(C)c3)CCCC2)cc1. The molecule has 0 unspecified atom stereocenters. The number of nitrogens with one attached hydrogen (secondary N) is 2. The number of hydrogen-bond donors (Lipinski definition) is 2. The molecule has 1 saturated carbocycles. The molecule has 0 atom stereocenters. The highest BCUT2D eigenvalue weighted by Crippen LogP contribution is 2.41. The van der Waals surface area contributed by atoms with Gasteiger partial charge in [-0.05, 0) is 55.2 Å². The Balaban J connectivity index is 1.58. The van der Waals surface area contributed by atoms with Crippen LogP contribution < -0.4 is 15.4 Å². The highest BCUT2D eigenvalue weighted by Gasteiger charge is 2.42. The zero-order valence-electron chi connectivity index (χ0n) is 16.6. The van der Waals surface area contributed by atoms with E-state index in [0.29, 0.717) is 6.54 Å². The third-order valence-corrected chi connectivity index (χ3v) is 5.47. The highest BCUT2D eigenvalue weighted by atomic mass is 16.5. The Kier molecular flexibility index (Phi) is 6.34. The molecule has 28 heavy (non-hydrogen) atoms. The van der Waals surface area contributed by atoms with E-state index < -0.39 is 5.41 Å². The Labute approximate surface area is 166 Å². The molecule has 5 heteroatoms. The molecule has 3 rings (SSSR count). The lowest BCUT2D eigenvalue weighted by Crippen LogP contribution is -2.43. The van der Waals surface area contributed by atoms with Crippen LogP contribution in [-0.4, -0.2) is 25.5 Å². The average Bonchev–Trinajstić information content (AvgIpc) is 3.19. The van der Waals surface area contributed by atoms with Crippen molar-refractivity contribution in [3.63, 3.8) is 0 Å². The largest absolute Gasteiger partial charge is 0.497 e. The summed E-state index contributed by atoms with van der Waals surface area (Å²) in [4.78, 5) is 25.2. The number of benzene rings is 2. The zero-order valence-corrected chi connectivity index (χ0v) is 16.6. The second-order valence-corrected chi connectivity index (χ2v) is 7.44. The van der Waals surface area contributed by atoms with Crippen molar-refractivity contribution >= 4 is 17.5 Å². The smallest absolute Gasteiger partial charge is 0.230 e. The minimum Gasteiger partial charge on any atom is -0.497 e. The third kappa shape index (κ3) is 4.53. The van der Waals surface area contributed by atoms with E-state index in [2.05, 4.69) is 10.6 Å². The second-order valence-electron chi connectivity index (χ2n) is 7.44. The molecular formula is C23H28N2O3. The van der Waals surface area contributed by atoms with Crippen molar-refractivity contribution in [1.82, 2.24) is 5.32 Å². The summed E-state index contributed by atoms with van der Waals surface area (Å²) in [5.74, 6) is 0.694. The predicted molar refractivity (Wildman–Crippen MR) is 111 cm³/mol. The van der Waals surface area contributed by atoms with Gasteiger partial charge in [-0.1, -0.05) is 37.1 Å². The molecular weight excluding hydrogens is 352 g/mol. The van der Waals surface area contributed by atoms with Crippen LogP contribution >= 0.6 is 0 Å². The number of ether oxygens (including phenoxy) is 1. The molecule has 2 aromatic rings. The fourth-order valence-corrected chi connectivity index (χ4v) is 3.94. The van der Waals surface area contributed by atoms with Gasteiger partial charge in [-0.3, -0.25) is 9.59 Å². The van der Waals surface area contributed by atoms with E-state index >= 15 is 0 Å². The summed E-state index contributed by atoms with van der Waals surface area (Å²) in [6, 6.07) is 15.4. The average molecular weight is 380 g/mol. The summed E-state index contributed by atoms with van der Waals surface area (Å²) >= 11 is 0. The van der Waals surface area contributed by atoms with Crippen LogP contribution in [0.25, 0.3) is 0 Å². The number of amides is 2. The van der Waals surface area contributed by atoms with Gasteiger partial charge in [0.1, 0.15) is 5.75 Å². The number of aryl methyl sites for hydroxylation is 1. The highest BCUT2D eigenvalue weighted by molar-refractivity contribution is 5.92. The minimum atomic E-state index is -0.501.